The Bertz CT molecular complexity index is 348. The molecule has 1 aromatic heterocycles. The molecular formula is C12H22N4O. The van der Waals surface area contributed by atoms with Crippen LogP contribution in [0.5, 0.6) is 0 Å². The fraction of sp³-hybridized carbons (Fsp3) is 0.750. The highest BCUT2D eigenvalue weighted by Gasteiger charge is 2.32. The van der Waals surface area contributed by atoms with Crippen molar-refractivity contribution in [3.8, 4) is 0 Å². The van der Waals surface area contributed by atoms with E-state index < -0.39 is 0 Å². The van der Waals surface area contributed by atoms with Crippen molar-refractivity contribution in [2.24, 2.45) is 11.7 Å². The highest BCUT2D eigenvalue weighted by molar-refractivity contribution is 5.04. The molecule has 1 aromatic rings. The summed E-state index contributed by atoms with van der Waals surface area (Å²) in [5.74, 6) is 0.789. The maximum absolute atomic E-state index is 8.83. The van der Waals surface area contributed by atoms with E-state index in [2.05, 4.69) is 17.0 Å². The zero-order chi connectivity index (χ0) is 12.3. The second-order valence-electron chi connectivity index (χ2n) is 4.89. The van der Waals surface area contributed by atoms with Gasteiger partial charge in [-0.25, -0.2) is 0 Å². The molecular weight excluding hydrogens is 216 g/mol. The first-order chi connectivity index (χ1) is 8.24. The van der Waals surface area contributed by atoms with Crippen LogP contribution in [0.4, 0.5) is 0 Å². The van der Waals surface area contributed by atoms with E-state index in [9.17, 15) is 0 Å². The number of hydrogen-bond donors (Lipinski definition) is 2. The molecule has 0 spiro atoms. The topological polar surface area (TPSA) is 67.3 Å². The van der Waals surface area contributed by atoms with E-state index in [1.54, 1.807) is 4.68 Å². The van der Waals surface area contributed by atoms with Crippen molar-refractivity contribution in [2.75, 3.05) is 20.2 Å². The maximum atomic E-state index is 8.83. The first kappa shape index (κ1) is 12.5. The molecule has 0 amide bonds. The van der Waals surface area contributed by atoms with E-state index in [1.807, 2.05) is 12.4 Å². The van der Waals surface area contributed by atoms with Crippen LogP contribution < -0.4 is 5.73 Å². The van der Waals surface area contributed by atoms with Crippen molar-refractivity contribution in [1.29, 1.82) is 0 Å². The van der Waals surface area contributed by atoms with Gasteiger partial charge in [-0.15, -0.1) is 0 Å². The number of likely N-dealkylation sites (N-methyl/N-ethyl adjacent to an activating group) is 1. The molecule has 3 N–H and O–H groups in total. The Morgan fingerprint density at radius 3 is 3.00 bits per heavy atom. The molecule has 1 heterocycles. The number of aromatic nitrogens is 2. The van der Waals surface area contributed by atoms with Crippen LogP contribution in [0.15, 0.2) is 12.4 Å². The van der Waals surface area contributed by atoms with E-state index in [0.29, 0.717) is 12.6 Å². The first-order valence-corrected chi connectivity index (χ1v) is 6.27. The summed E-state index contributed by atoms with van der Waals surface area (Å²) in [7, 11) is 2.12. The first-order valence-electron chi connectivity index (χ1n) is 6.27. The van der Waals surface area contributed by atoms with Crippen molar-refractivity contribution >= 4 is 0 Å². The van der Waals surface area contributed by atoms with Gasteiger partial charge in [-0.05, 0) is 25.8 Å². The Balaban J connectivity index is 1.89. The minimum atomic E-state index is 0.129. The lowest BCUT2D eigenvalue weighted by Gasteiger charge is -2.26. The highest BCUT2D eigenvalue weighted by Crippen LogP contribution is 2.34. The standard InChI is InChI=1S/C12H22N4O/c1-15(12(6-13)11-2-3-11)8-10-7-14-16(9-10)4-5-17/h7,9,11-12,17H,2-6,8,13H2,1H3. The summed E-state index contributed by atoms with van der Waals surface area (Å²) in [5.41, 5.74) is 7.01. The molecule has 1 aliphatic carbocycles. The number of rotatable bonds is 7. The van der Waals surface area contributed by atoms with Gasteiger partial charge < -0.3 is 10.8 Å². The minimum Gasteiger partial charge on any atom is -0.394 e. The predicted molar refractivity (Wildman–Crippen MR) is 66.3 cm³/mol. The van der Waals surface area contributed by atoms with E-state index in [1.165, 1.54) is 18.4 Å². The quantitative estimate of drug-likeness (QED) is 0.704. The maximum Gasteiger partial charge on any atom is 0.0640 e. The lowest BCUT2D eigenvalue weighted by Crippen LogP contribution is -2.39. The van der Waals surface area contributed by atoms with Crippen LogP contribution in [0.3, 0.4) is 0 Å². The van der Waals surface area contributed by atoms with E-state index in [0.717, 1.165) is 19.0 Å². The molecule has 0 radical (unpaired) electrons. The second-order valence-corrected chi connectivity index (χ2v) is 4.89. The van der Waals surface area contributed by atoms with E-state index in [4.69, 9.17) is 10.8 Å². The lowest BCUT2D eigenvalue weighted by molar-refractivity contribution is 0.215. The van der Waals surface area contributed by atoms with Crippen molar-refractivity contribution in [3.05, 3.63) is 18.0 Å². The summed E-state index contributed by atoms with van der Waals surface area (Å²) < 4.78 is 1.78. The number of aliphatic hydroxyl groups is 1. The summed E-state index contributed by atoms with van der Waals surface area (Å²) >= 11 is 0. The zero-order valence-electron chi connectivity index (χ0n) is 10.4. The van der Waals surface area contributed by atoms with Gasteiger partial charge in [0, 0.05) is 30.9 Å². The van der Waals surface area contributed by atoms with Gasteiger partial charge in [0.1, 0.15) is 0 Å². The molecule has 5 nitrogen and oxygen atoms in total. The van der Waals surface area contributed by atoms with Gasteiger partial charge in [-0.3, -0.25) is 9.58 Å². The minimum absolute atomic E-state index is 0.129. The third-order valence-electron chi connectivity index (χ3n) is 3.42. The molecule has 0 bridgehead atoms. The molecule has 1 fully saturated rings. The fourth-order valence-electron chi connectivity index (χ4n) is 2.33. The van der Waals surface area contributed by atoms with Gasteiger partial charge in [0.25, 0.3) is 0 Å². The summed E-state index contributed by atoms with van der Waals surface area (Å²) in [5, 5.41) is 13.0. The van der Waals surface area contributed by atoms with E-state index in [-0.39, 0.29) is 6.61 Å². The average molecular weight is 238 g/mol. The molecule has 5 heteroatoms. The molecule has 1 saturated carbocycles. The number of nitrogens with zero attached hydrogens (tertiary/aromatic N) is 3. The van der Waals surface area contributed by atoms with E-state index >= 15 is 0 Å². The summed E-state index contributed by atoms with van der Waals surface area (Å²) in [6.07, 6.45) is 6.49. The van der Waals surface area contributed by atoms with Gasteiger partial charge >= 0.3 is 0 Å². The second kappa shape index (κ2) is 5.62. The monoisotopic (exact) mass is 238 g/mol. The Kier molecular flexibility index (Phi) is 4.15. The van der Waals surface area contributed by atoms with Crippen LogP contribution in [0, 0.1) is 5.92 Å². The zero-order valence-corrected chi connectivity index (χ0v) is 10.4. The van der Waals surface area contributed by atoms with Crippen molar-refractivity contribution in [1.82, 2.24) is 14.7 Å². The van der Waals surface area contributed by atoms with Crippen LogP contribution in [0.25, 0.3) is 0 Å². The normalized spacial score (nSPS) is 17.6. The van der Waals surface area contributed by atoms with Crippen LogP contribution in [0.2, 0.25) is 0 Å². The molecule has 1 unspecified atom stereocenters. The average Bonchev–Trinajstić information content (AvgIpc) is 3.03. The smallest absolute Gasteiger partial charge is 0.0640 e. The van der Waals surface area contributed by atoms with Crippen LogP contribution in [-0.2, 0) is 13.1 Å². The molecule has 1 atom stereocenters. The van der Waals surface area contributed by atoms with Gasteiger partial charge in [-0.2, -0.15) is 5.10 Å². The van der Waals surface area contributed by atoms with Gasteiger partial charge in [0.2, 0.25) is 0 Å². The fourth-order valence-corrected chi connectivity index (χ4v) is 2.33. The van der Waals surface area contributed by atoms with Crippen molar-refractivity contribution < 1.29 is 5.11 Å². The molecule has 96 valence electrons. The highest BCUT2D eigenvalue weighted by atomic mass is 16.3. The number of hydrogen-bond acceptors (Lipinski definition) is 4. The summed E-state index contributed by atoms with van der Waals surface area (Å²) in [4.78, 5) is 2.32. The van der Waals surface area contributed by atoms with Gasteiger partial charge in [0.05, 0.1) is 19.3 Å². The van der Waals surface area contributed by atoms with Crippen LogP contribution in [0.1, 0.15) is 18.4 Å². The molecule has 1 aliphatic rings. The number of nitrogens with two attached hydrogens (primary N) is 1. The largest absolute Gasteiger partial charge is 0.394 e. The molecule has 17 heavy (non-hydrogen) atoms. The SMILES string of the molecule is CN(Cc1cnn(CCO)c1)C(CN)C1CC1. The lowest BCUT2D eigenvalue weighted by atomic mass is 10.1. The van der Waals surface area contributed by atoms with Gasteiger partial charge in [0.15, 0.2) is 0 Å². The Morgan fingerprint density at radius 2 is 2.41 bits per heavy atom. The summed E-state index contributed by atoms with van der Waals surface area (Å²) in [6.45, 7) is 2.30. The van der Waals surface area contributed by atoms with Gasteiger partial charge in [-0.1, -0.05) is 0 Å². The van der Waals surface area contributed by atoms with Crippen molar-refractivity contribution in [2.45, 2.75) is 32.0 Å². The Hall–Kier alpha value is -0.910. The third-order valence-corrected chi connectivity index (χ3v) is 3.42. The molecule has 0 aliphatic heterocycles. The van der Waals surface area contributed by atoms with Crippen molar-refractivity contribution in [3.63, 3.8) is 0 Å². The molecule has 0 saturated heterocycles. The summed E-state index contributed by atoms with van der Waals surface area (Å²) in [6, 6.07) is 0.496. The predicted octanol–water partition coefficient (Wildman–Crippen LogP) is 0.0445. The molecule has 2 rings (SSSR count). The number of aliphatic hydroxyl groups excluding tert-OH is 1. The Labute approximate surface area is 102 Å². The third kappa shape index (κ3) is 3.28. The molecule has 0 aromatic carbocycles. The van der Waals surface area contributed by atoms with Crippen LogP contribution in [-0.4, -0.2) is 46.0 Å². The van der Waals surface area contributed by atoms with Crippen LogP contribution >= 0.6 is 0 Å². The Morgan fingerprint density at radius 1 is 1.65 bits per heavy atom.